The van der Waals surface area contributed by atoms with E-state index in [0.717, 1.165) is 31.7 Å². The zero-order valence-corrected chi connectivity index (χ0v) is 13.7. The lowest BCUT2D eigenvalue weighted by Gasteiger charge is -2.36. The predicted molar refractivity (Wildman–Crippen MR) is 84.5 cm³/mol. The molecule has 0 bridgehead atoms. The molecule has 1 aliphatic rings. The number of hydrogen-bond donors (Lipinski definition) is 2. The molecule has 0 radical (unpaired) electrons. The first-order valence-corrected chi connectivity index (χ1v) is 8.17. The van der Waals surface area contributed by atoms with E-state index in [0.29, 0.717) is 18.6 Å². The van der Waals surface area contributed by atoms with Gasteiger partial charge in [-0.05, 0) is 39.0 Å². The summed E-state index contributed by atoms with van der Waals surface area (Å²) in [6.45, 7) is 10.2. The fourth-order valence-corrected chi connectivity index (χ4v) is 2.90. The Bertz CT molecular complexity index is 293. The first-order chi connectivity index (χ1) is 9.38. The summed E-state index contributed by atoms with van der Waals surface area (Å²) in [4.78, 5) is 14.3. The average molecular weight is 283 g/mol. The van der Waals surface area contributed by atoms with E-state index in [1.807, 2.05) is 0 Å². The van der Waals surface area contributed by atoms with E-state index >= 15 is 0 Å². The van der Waals surface area contributed by atoms with Gasteiger partial charge in [-0.15, -0.1) is 0 Å². The zero-order chi connectivity index (χ0) is 15.1. The summed E-state index contributed by atoms with van der Waals surface area (Å²) in [5.41, 5.74) is 5.95. The van der Waals surface area contributed by atoms with Crippen LogP contribution in [0.2, 0.25) is 0 Å². The standard InChI is InChI=1S/C16H33N3O/c1-12(2)6-5-7-13(3)18-16(20)11-19-9-8-15(17)10-14(19)4/h12-15H,5-11,17H2,1-4H3,(H,18,20). The molecule has 118 valence electrons. The molecule has 1 rings (SSSR count). The monoisotopic (exact) mass is 283 g/mol. The van der Waals surface area contributed by atoms with Crippen molar-refractivity contribution < 1.29 is 4.79 Å². The molecule has 0 aromatic heterocycles. The largest absolute Gasteiger partial charge is 0.353 e. The number of rotatable bonds is 7. The number of piperidine rings is 1. The highest BCUT2D eigenvalue weighted by Gasteiger charge is 2.24. The summed E-state index contributed by atoms with van der Waals surface area (Å²) in [7, 11) is 0. The van der Waals surface area contributed by atoms with Crippen LogP contribution < -0.4 is 11.1 Å². The molecule has 0 aromatic carbocycles. The van der Waals surface area contributed by atoms with Crippen LogP contribution in [0, 0.1) is 5.92 Å². The van der Waals surface area contributed by atoms with Gasteiger partial charge in [-0.1, -0.05) is 26.7 Å². The van der Waals surface area contributed by atoms with E-state index < -0.39 is 0 Å². The van der Waals surface area contributed by atoms with Gasteiger partial charge < -0.3 is 11.1 Å². The van der Waals surface area contributed by atoms with E-state index in [9.17, 15) is 4.79 Å². The Morgan fingerprint density at radius 2 is 2.05 bits per heavy atom. The van der Waals surface area contributed by atoms with Crippen LogP contribution >= 0.6 is 0 Å². The van der Waals surface area contributed by atoms with Gasteiger partial charge in [0.2, 0.25) is 5.91 Å². The van der Waals surface area contributed by atoms with Crippen LogP contribution in [0.15, 0.2) is 0 Å². The number of carbonyl (C=O) groups is 1. The summed E-state index contributed by atoms with van der Waals surface area (Å²) in [6.07, 6.45) is 5.50. The minimum Gasteiger partial charge on any atom is -0.353 e. The van der Waals surface area contributed by atoms with Crippen LogP contribution in [0.3, 0.4) is 0 Å². The maximum absolute atomic E-state index is 12.1. The van der Waals surface area contributed by atoms with Crippen molar-refractivity contribution in [2.45, 2.75) is 77.9 Å². The third-order valence-electron chi connectivity index (χ3n) is 4.23. The van der Waals surface area contributed by atoms with Gasteiger partial charge in [-0.2, -0.15) is 0 Å². The van der Waals surface area contributed by atoms with Gasteiger partial charge >= 0.3 is 0 Å². The average Bonchev–Trinajstić information content (AvgIpc) is 2.32. The Labute approximate surface area is 124 Å². The second kappa shape index (κ2) is 8.63. The van der Waals surface area contributed by atoms with Gasteiger partial charge in [0.05, 0.1) is 6.54 Å². The molecular formula is C16H33N3O. The van der Waals surface area contributed by atoms with Gasteiger partial charge in [0, 0.05) is 24.7 Å². The first-order valence-electron chi connectivity index (χ1n) is 8.17. The summed E-state index contributed by atoms with van der Waals surface area (Å²) in [5.74, 6) is 0.903. The maximum Gasteiger partial charge on any atom is 0.234 e. The van der Waals surface area contributed by atoms with Crippen LogP contribution in [-0.4, -0.2) is 42.0 Å². The highest BCUT2D eigenvalue weighted by Crippen LogP contribution is 2.15. The Morgan fingerprint density at radius 3 is 2.65 bits per heavy atom. The Kier molecular flexibility index (Phi) is 7.52. The maximum atomic E-state index is 12.1. The number of nitrogens with two attached hydrogens (primary N) is 1. The number of nitrogens with zero attached hydrogens (tertiary/aromatic N) is 1. The molecule has 3 unspecified atom stereocenters. The van der Waals surface area contributed by atoms with Crippen molar-refractivity contribution >= 4 is 5.91 Å². The molecule has 1 aliphatic heterocycles. The van der Waals surface area contributed by atoms with E-state index in [2.05, 4.69) is 37.9 Å². The summed E-state index contributed by atoms with van der Waals surface area (Å²) >= 11 is 0. The van der Waals surface area contributed by atoms with E-state index in [1.165, 1.54) is 12.8 Å². The fourth-order valence-electron chi connectivity index (χ4n) is 2.90. The molecule has 4 heteroatoms. The Balaban J connectivity index is 2.22. The van der Waals surface area contributed by atoms with E-state index in [1.54, 1.807) is 0 Å². The topological polar surface area (TPSA) is 58.4 Å². The van der Waals surface area contributed by atoms with Crippen LogP contribution in [-0.2, 0) is 4.79 Å². The van der Waals surface area contributed by atoms with Gasteiger partial charge in [0.15, 0.2) is 0 Å². The van der Waals surface area contributed by atoms with Crippen molar-refractivity contribution in [3.8, 4) is 0 Å². The van der Waals surface area contributed by atoms with Crippen LogP contribution in [0.4, 0.5) is 0 Å². The van der Waals surface area contributed by atoms with Gasteiger partial charge in [-0.25, -0.2) is 0 Å². The van der Waals surface area contributed by atoms with Gasteiger partial charge in [0.25, 0.3) is 0 Å². The molecule has 20 heavy (non-hydrogen) atoms. The van der Waals surface area contributed by atoms with Crippen LogP contribution in [0.25, 0.3) is 0 Å². The van der Waals surface area contributed by atoms with Crippen molar-refractivity contribution in [3.63, 3.8) is 0 Å². The molecule has 1 heterocycles. The van der Waals surface area contributed by atoms with Crippen molar-refractivity contribution in [2.75, 3.05) is 13.1 Å². The Hall–Kier alpha value is -0.610. The normalized spacial score (nSPS) is 25.7. The molecule has 0 spiro atoms. The third-order valence-corrected chi connectivity index (χ3v) is 4.23. The molecule has 0 saturated carbocycles. The molecule has 0 aliphatic carbocycles. The Morgan fingerprint density at radius 1 is 1.35 bits per heavy atom. The van der Waals surface area contributed by atoms with E-state index in [-0.39, 0.29) is 11.9 Å². The first kappa shape index (κ1) is 17.4. The van der Waals surface area contributed by atoms with Gasteiger partial charge in [-0.3, -0.25) is 9.69 Å². The highest BCUT2D eigenvalue weighted by molar-refractivity contribution is 5.78. The number of nitrogens with one attached hydrogen (secondary N) is 1. The molecule has 1 fully saturated rings. The molecule has 0 aromatic rings. The number of hydrogen-bond acceptors (Lipinski definition) is 3. The number of amides is 1. The predicted octanol–water partition coefficient (Wildman–Crippen LogP) is 2.13. The fraction of sp³-hybridized carbons (Fsp3) is 0.938. The number of likely N-dealkylation sites (tertiary alicyclic amines) is 1. The summed E-state index contributed by atoms with van der Waals surface area (Å²) < 4.78 is 0. The molecule has 1 saturated heterocycles. The molecule has 3 N–H and O–H groups in total. The quantitative estimate of drug-likeness (QED) is 0.752. The lowest BCUT2D eigenvalue weighted by Crippen LogP contribution is -2.50. The lowest BCUT2D eigenvalue weighted by atomic mass is 9.99. The molecule has 4 nitrogen and oxygen atoms in total. The molecule has 1 amide bonds. The van der Waals surface area contributed by atoms with Crippen molar-refractivity contribution in [1.82, 2.24) is 10.2 Å². The minimum absolute atomic E-state index is 0.157. The highest BCUT2D eigenvalue weighted by atomic mass is 16.2. The SMILES string of the molecule is CC(C)CCCC(C)NC(=O)CN1CCC(N)CC1C. The smallest absolute Gasteiger partial charge is 0.234 e. The lowest BCUT2D eigenvalue weighted by molar-refractivity contribution is -0.123. The van der Waals surface area contributed by atoms with Crippen molar-refractivity contribution in [3.05, 3.63) is 0 Å². The molecule has 3 atom stereocenters. The number of carbonyl (C=O) groups excluding carboxylic acids is 1. The van der Waals surface area contributed by atoms with Crippen LogP contribution in [0.1, 0.15) is 59.8 Å². The second-order valence-electron chi connectivity index (χ2n) is 6.90. The summed E-state index contributed by atoms with van der Waals surface area (Å²) in [5, 5.41) is 3.12. The minimum atomic E-state index is 0.157. The van der Waals surface area contributed by atoms with Crippen molar-refractivity contribution in [1.29, 1.82) is 0 Å². The summed E-state index contributed by atoms with van der Waals surface area (Å²) in [6, 6.07) is 1.00. The van der Waals surface area contributed by atoms with Gasteiger partial charge in [0.1, 0.15) is 0 Å². The molecular weight excluding hydrogens is 250 g/mol. The second-order valence-corrected chi connectivity index (χ2v) is 6.90. The zero-order valence-electron chi connectivity index (χ0n) is 13.7. The third kappa shape index (κ3) is 6.71. The van der Waals surface area contributed by atoms with Crippen molar-refractivity contribution in [2.24, 2.45) is 11.7 Å². The van der Waals surface area contributed by atoms with E-state index in [4.69, 9.17) is 5.73 Å². The van der Waals surface area contributed by atoms with Crippen LogP contribution in [0.5, 0.6) is 0 Å².